The molecule has 13 heteroatoms. The van der Waals surface area contributed by atoms with Crippen LogP contribution < -0.4 is 4.74 Å². The van der Waals surface area contributed by atoms with Crippen LogP contribution >= 0.6 is 0 Å². The van der Waals surface area contributed by atoms with Crippen molar-refractivity contribution in [2.75, 3.05) is 7.05 Å². The number of carbonyl (C=O) groups is 3. The number of esters is 1. The van der Waals surface area contributed by atoms with Gasteiger partial charge in [-0.2, -0.15) is 8.78 Å². The Balaban J connectivity index is 2.25. The van der Waals surface area contributed by atoms with Gasteiger partial charge in [-0.15, -0.1) is 0 Å². The van der Waals surface area contributed by atoms with Crippen LogP contribution in [0.1, 0.15) is 55.4 Å². The molecule has 2 amide bonds. The number of carbonyl (C=O) groups excluding carboxylic acids is 3. The highest BCUT2D eigenvalue weighted by molar-refractivity contribution is 5.86. The molecule has 4 atom stereocenters. The van der Waals surface area contributed by atoms with E-state index in [-0.39, 0.29) is 0 Å². The van der Waals surface area contributed by atoms with Crippen LogP contribution in [0.15, 0.2) is 0 Å². The summed E-state index contributed by atoms with van der Waals surface area (Å²) < 4.78 is 84.0. The lowest BCUT2D eigenvalue weighted by Gasteiger charge is -2.37. The number of halogens is 5. The van der Waals surface area contributed by atoms with E-state index in [9.17, 15) is 36.3 Å². The molecule has 2 rings (SSSR count). The summed E-state index contributed by atoms with van der Waals surface area (Å²) in [4.78, 5) is 40.9. The monoisotopic (exact) mass is 538 g/mol. The average molecular weight is 539 g/mol. The first kappa shape index (κ1) is 30.3. The van der Waals surface area contributed by atoms with E-state index in [1.807, 2.05) is 0 Å². The fourth-order valence-electron chi connectivity index (χ4n) is 3.97. The standard InChI is InChI=1S/C24H31F5N2O6/c1-10(21(33)35-19-16(28)14(26)13(25)15(27)17(19)29)18-11(2)31(24(7,8)36-18)20(32)12(3)30(9)22(34)37-23(4,5)6/h10-12,18H,1-9H3/t10-,11+,12+,18+/m1/s1. The zero-order valence-electron chi connectivity index (χ0n) is 22.0. The van der Waals surface area contributed by atoms with E-state index in [2.05, 4.69) is 4.74 Å². The van der Waals surface area contributed by atoms with E-state index in [0.717, 1.165) is 4.90 Å². The lowest BCUT2D eigenvalue weighted by atomic mass is 9.98. The van der Waals surface area contributed by atoms with Crippen molar-refractivity contribution in [3.8, 4) is 5.75 Å². The minimum Gasteiger partial charge on any atom is -0.444 e. The summed E-state index contributed by atoms with van der Waals surface area (Å²) in [5.41, 5.74) is -2.10. The molecule has 1 saturated heterocycles. The normalized spacial score (nSPS) is 20.9. The molecular weight excluding hydrogens is 507 g/mol. The van der Waals surface area contributed by atoms with Crippen LogP contribution in [0.4, 0.5) is 26.7 Å². The molecule has 0 bridgehead atoms. The van der Waals surface area contributed by atoms with Gasteiger partial charge in [0.15, 0.2) is 0 Å². The van der Waals surface area contributed by atoms with Crippen molar-refractivity contribution in [1.82, 2.24) is 9.80 Å². The van der Waals surface area contributed by atoms with Crippen molar-refractivity contribution < 1.29 is 50.5 Å². The topological polar surface area (TPSA) is 85.4 Å². The van der Waals surface area contributed by atoms with Crippen LogP contribution in [-0.4, -0.2) is 64.3 Å². The van der Waals surface area contributed by atoms with Gasteiger partial charge >= 0.3 is 12.1 Å². The third kappa shape index (κ3) is 5.97. The summed E-state index contributed by atoms with van der Waals surface area (Å²) in [6, 6.07) is -1.83. The fraction of sp³-hybridized carbons (Fsp3) is 0.625. The molecule has 1 aromatic rings. The minimum absolute atomic E-state index is 0.548. The van der Waals surface area contributed by atoms with Gasteiger partial charge in [0.25, 0.3) is 0 Å². The minimum atomic E-state index is -2.39. The summed E-state index contributed by atoms with van der Waals surface area (Å²) in [6.07, 6.45) is -1.83. The number of benzene rings is 1. The number of amides is 2. The first-order valence-corrected chi connectivity index (χ1v) is 11.4. The first-order valence-electron chi connectivity index (χ1n) is 11.4. The Morgan fingerprint density at radius 2 is 1.43 bits per heavy atom. The summed E-state index contributed by atoms with van der Waals surface area (Å²) in [6.45, 7) is 12.3. The predicted octanol–water partition coefficient (Wildman–Crippen LogP) is 4.53. The molecule has 1 heterocycles. The van der Waals surface area contributed by atoms with E-state index < -0.39 is 88.2 Å². The van der Waals surface area contributed by atoms with Crippen LogP contribution in [0.3, 0.4) is 0 Å². The largest absolute Gasteiger partial charge is 0.444 e. The maximum Gasteiger partial charge on any atom is 0.410 e. The summed E-state index contributed by atoms with van der Waals surface area (Å²) in [5, 5.41) is 0. The van der Waals surface area contributed by atoms with Gasteiger partial charge in [0.1, 0.15) is 17.4 Å². The molecule has 37 heavy (non-hydrogen) atoms. The third-order valence-corrected chi connectivity index (χ3v) is 5.98. The molecule has 1 aliphatic rings. The highest BCUT2D eigenvalue weighted by Crippen LogP contribution is 2.37. The average Bonchev–Trinajstić information content (AvgIpc) is 3.04. The van der Waals surface area contributed by atoms with Gasteiger partial charge in [0.05, 0.1) is 18.1 Å². The third-order valence-electron chi connectivity index (χ3n) is 5.98. The lowest BCUT2D eigenvalue weighted by molar-refractivity contribution is -0.154. The Morgan fingerprint density at radius 3 is 1.89 bits per heavy atom. The number of hydrogen-bond donors (Lipinski definition) is 0. The second-order valence-corrected chi connectivity index (χ2v) is 10.4. The summed E-state index contributed by atoms with van der Waals surface area (Å²) in [5.74, 6) is -16.4. The fourth-order valence-corrected chi connectivity index (χ4v) is 3.97. The Hall–Kier alpha value is -2.96. The zero-order valence-corrected chi connectivity index (χ0v) is 22.0. The van der Waals surface area contributed by atoms with Gasteiger partial charge in [-0.3, -0.25) is 14.5 Å². The molecule has 8 nitrogen and oxygen atoms in total. The van der Waals surface area contributed by atoms with Gasteiger partial charge in [0, 0.05) is 7.05 Å². The molecule has 1 aromatic carbocycles. The smallest absolute Gasteiger partial charge is 0.410 e. The van der Waals surface area contributed by atoms with E-state index in [1.165, 1.54) is 39.6 Å². The Kier molecular flexibility index (Phi) is 8.53. The van der Waals surface area contributed by atoms with Crippen molar-refractivity contribution in [3.05, 3.63) is 29.1 Å². The Labute approximate surface area is 211 Å². The van der Waals surface area contributed by atoms with Gasteiger partial charge in [-0.1, -0.05) is 0 Å². The summed E-state index contributed by atoms with van der Waals surface area (Å²) in [7, 11) is 1.38. The number of likely N-dealkylation sites (N-methyl/N-ethyl adjacent to an activating group) is 1. The molecule has 0 aromatic heterocycles. The Morgan fingerprint density at radius 1 is 0.973 bits per heavy atom. The summed E-state index contributed by atoms with van der Waals surface area (Å²) >= 11 is 0. The van der Waals surface area contributed by atoms with Crippen LogP contribution in [0, 0.1) is 35.0 Å². The maximum atomic E-state index is 14.0. The van der Waals surface area contributed by atoms with Crippen LogP contribution in [0.2, 0.25) is 0 Å². The predicted molar refractivity (Wildman–Crippen MR) is 120 cm³/mol. The molecular formula is C24H31F5N2O6. The molecule has 0 saturated carbocycles. The van der Waals surface area contributed by atoms with Crippen molar-refractivity contribution in [1.29, 1.82) is 0 Å². The second-order valence-electron chi connectivity index (χ2n) is 10.4. The highest BCUT2D eigenvalue weighted by Gasteiger charge is 2.52. The quantitative estimate of drug-likeness (QED) is 0.180. The molecule has 0 unspecified atom stereocenters. The van der Waals surface area contributed by atoms with Crippen molar-refractivity contribution in [2.24, 2.45) is 5.92 Å². The molecule has 208 valence electrons. The first-order chi connectivity index (χ1) is 16.7. The molecule has 1 fully saturated rings. The van der Waals surface area contributed by atoms with Crippen molar-refractivity contribution in [3.63, 3.8) is 0 Å². The van der Waals surface area contributed by atoms with Crippen molar-refractivity contribution >= 4 is 18.0 Å². The zero-order chi connectivity index (χ0) is 28.8. The van der Waals surface area contributed by atoms with Gasteiger partial charge in [0.2, 0.25) is 40.7 Å². The maximum absolute atomic E-state index is 14.0. The van der Waals surface area contributed by atoms with Crippen LogP contribution in [0.5, 0.6) is 5.75 Å². The van der Waals surface area contributed by atoms with Gasteiger partial charge in [-0.05, 0) is 55.4 Å². The van der Waals surface area contributed by atoms with E-state index in [1.54, 1.807) is 27.7 Å². The number of ether oxygens (including phenoxy) is 3. The van der Waals surface area contributed by atoms with Gasteiger partial charge < -0.3 is 19.1 Å². The molecule has 0 radical (unpaired) electrons. The number of rotatable bonds is 5. The van der Waals surface area contributed by atoms with Crippen molar-refractivity contribution in [2.45, 2.75) is 84.9 Å². The lowest BCUT2D eigenvalue weighted by Crippen LogP contribution is -2.55. The highest BCUT2D eigenvalue weighted by atomic mass is 19.2. The van der Waals surface area contributed by atoms with E-state index >= 15 is 0 Å². The number of hydrogen-bond acceptors (Lipinski definition) is 6. The van der Waals surface area contributed by atoms with E-state index in [4.69, 9.17) is 9.47 Å². The van der Waals surface area contributed by atoms with E-state index in [0.29, 0.717) is 0 Å². The SMILES string of the molecule is C[C@@H](C(=O)Oc1c(F)c(F)c(F)c(F)c1F)[C@@H]1OC(C)(C)N(C(=O)[C@H](C)N(C)C(=O)OC(C)(C)C)[C@H]1C. The molecule has 1 aliphatic heterocycles. The van der Waals surface area contributed by atoms with Crippen LogP contribution in [0.25, 0.3) is 0 Å². The molecule has 0 spiro atoms. The Bertz CT molecular complexity index is 1060. The number of nitrogens with zero attached hydrogens (tertiary/aromatic N) is 2. The van der Waals surface area contributed by atoms with Crippen LogP contribution in [-0.2, 0) is 19.1 Å². The molecule has 0 N–H and O–H groups in total. The molecule has 0 aliphatic carbocycles. The second kappa shape index (κ2) is 10.4. The van der Waals surface area contributed by atoms with Gasteiger partial charge in [-0.25, -0.2) is 18.0 Å².